The molecule has 29 heavy (non-hydrogen) atoms. The number of carbonyl (C=O) groups is 1. The molecule has 0 heterocycles. The Labute approximate surface area is 189 Å². The van der Waals surface area contributed by atoms with Crippen molar-refractivity contribution in [3.63, 3.8) is 0 Å². The van der Waals surface area contributed by atoms with Crippen molar-refractivity contribution in [2.45, 2.75) is 19.8 Å². The maximum atomic E-state index is 11.0. The number of aliphatic imine (C=N–C) groups is 1. The topological polar surface area (TPSA) is 98.0 Å². The lowest BCUT2D eigenvalue weighted by atomic mass is 10.1. The Kier molecular flexibility index (Phi) is 10.9. The molecule has 0 bridgehead atoms. The van der Waals surface area contributed by atoms with E-state index in [1.165, 1.54) is 6.92 Å². The number of nitrogens with one attached hydrogen (secondary N) is 2. The highest BCUT2D eigenvalue weighted by Crippen LogP contribution is 2.27. The van der Waals surface area contributed by atoms with Crippen LogP contribution in [0.15, 0.2) is 47.5 Å². The highest BCUT2D eigenvalue weighted by atomic mass is 127. The van der Waals surface area contributed by atoms with Gasteiger partial charge in [-0.15, -0.1) is 24.0 Å². The molecule has 2 rings (SSSR count). The minimum absolute atomic E-state index is 0. The van der Waals surface area contributed by atoms with Gasteiger partial charge < -0.3 is 25.8 Å². The Balaban J connectivity index is 0.00000420. The first-order valence-electron chi connectivity index (χ1n) is 9.13. The zero-order valence-electron chi connectivity index (χ0n) is 17.0. The van der Waals surface area contributed by atoms with Gasteiger partial charge in [-0.25, -0.2) is 0 Å². The monoisotopic (exact) mass is 512 g/mol. The van der Waals surface area contributed by atoms with Gasteiger partial charge in [-0.1, -0.05) is 18.2 Å². The number of amides is 1. The molecular weight excluding hydrogens is 483 g/mol. The van der Waals surface area contributed by atoms with Gasteiger partial charge in [0, 0.05) is 25.7 Å². The molecule has 0 fully saturated rings. The molecule has 7 nitrogen and oxygen atoms in total. The summed E-state index contributed by atoms with van der Waals surface area (Å²) in [5.41, 5.74) is 8.98. The predicted molar refractivity (Wildman–Crippen MR) is 128 cm³/mol. The summed E-state index contributed by atoms with van der Waals surface area (Å²) in [4.78, 5) is 15.4. The minimum atomic E-state index is -0.0794. The fourth-order valence-corrected chi connectivity index (χ4v) is 2.69. The number of methoxy groups -OCH3 is 2. The summed E-state index contributed by atoms with van der Waals surface area (Å²) in [6, 6.07) is 13.6. The minimum Gasteiger partial charge on any atom is -0.493 e. The fourth-order valence-electron chi connectivity index (χ4n) is 2.69. The van der Waals surface area contributed by atoms with Crippen molar-refractivity contribution in [1.82, 2.24) is 5.32 Å². The molecule has 158 valence electrons. The molecule has 0 saturated carbocycles. The molecule has 0 radical (unpaired) electrons. The third-order valence-corrected chi connectivity index (χ3v) is 4.12. The zero-order chi connectivity index (χ0) is 20.4. The molecular formula is C21H29IN4O3. The number of benzene rings is 2. The van der Waals surface area contributed by atoms with Crippen LogP contribution in [0.5, 0.6) is 11.5 Å². The fraction of sp³-hybridized carbons (Fsp3) is 0.333. The van der Waals surface area contributed by atoms with E-state index in [0.717, 1.165) is 29.7 Å². The maximum absolute atomic E-state index is 11.0. The van der Waals surface area contributed by atoms with E-state index in [9.17, 15) is 4.79 Å². The van der Waals surface area contributed by atoms with Crippen LogP contribution in [0.25, 0.3) is 0 Å². The van der Waals surface area contributed by atoms with Gasteiger partial charge in [0.05, 0.1) is 14.2 Å². The quantitative estimate of drug-likeness (QED) is 0.273. The van der Waals surface area contributed by atoms with Crippen molar-refractivity contribution in [3.8, 4) is 11.5 Å². The smallest absolute Gasteiger partial charge is 0.221 e. The summed E-state index contributed by atoms with van der Waals surface area (Å²) < 4.78 is 10.6. The number of nitrogens with two attached hydrogens (primary N) is 1. The highest BCUT2D eigenvalue weighted by Gasteiger charge is 2.04. The Morgan fingerprint density at radius 2 is 1.66 bits per heavy atom. The second kappa shape index (κ2) is 12.9. The number of rotatable bonds is 9. The van der Waals surface area contributed by atoms with Gasteiger partial charge in [0.15, 0.2) is 17.5 Å². The highest BCUT2D eigenvalue weighted by molar-refractivity contribution is 14.0. The number of hydrogen-bond acceptors (Lipinski definition) is 4. The third-order valence-electron chi connectivity index (χ3n) is 4.12. The lowest BCUT2D eigenvalue weighted by Gasteiger charge is -2.10. The van der Waals surface area contributed by atoms with Gasteiger partial charge in [-0.05, 0) is 48.2 Å². The number of hydrogen-bond donors (Lipinski definition) is 3. The molecule has 0 saturated heterocycles. The number of ether oxygens (including phenoxy) is 2. The third kappa shape index (κ3) is 8.59. The maximum Gasteiger partial charge on any atom is 0.221 e. The molecule has 0 aliphatic rings. The zero-order valence-corrected chi connectivity index (χ0v) is 19.4. The van der Waals surface area contributed by atoms with Crippen LogP contribution in [0.3, 0.4) is 0 Å². The van der Waals surface area contributed by atoms with E-state index in [2.05, 4.69) is 15.6 Å². The average molecular weight is 512 g/mol. The van der Waals surface area contributed by atoms with E-state index in [1.54, 1.807) is 14.2 Å². The summed E-state index contributed by atoms with van der Waals surface area (Å²) in [7, 11) is 3.24. The van der Waals surface area contributed by atoms with Crippen LogP contribution < -0.4 is 25.8 Å². The van der Waals surface area contributed by atoms with E-state index >= 15 is 0 Å². The van der Waals surface area contributed by atoms with Crippen molar-refractivity contribution in [1.29, 1.82) is 0 Å². The summed E-state index contributed by atoms with van der Waals surface area (Å²) in [5.74, 6) is 1.77. The standard InChI is InChI=1S/C21H28N4O3.HI/c1-15(26)25-18-7-4-16(5-8-18)10-12-23-21(22)24-13-11-17-6-9-19(27-2)20(14-17)28-3;/h4-9,14H,10-13H2,1-3H3,(H,25,26)(H3,22,23,24);1H. The van der Waals surface area contributed by atoms with E-state index < -0.39 is 0 Å². The van der Waals surface area contributed by atoms with Crippen molar-refractivity contribution < 1.29 is 14.3 Å². The number of anilines is 1. The van der Waals surface area contributed by atoms with E-state index in [0.29, 0.717) is 30.5 Å². The number of nitrogens with zero attached hydrogens (tertiary/aromatic N) is 1. The van der Waals surface area contributed by atoms with Gasteiger partial charge in [-0.2, -0.15) is 0 Å². The van der Waals surface area contributed by atoms with Crippen LogP contribution in [-0.2, 0) is 17.6 Å². The molecule has 0 spiro atoms. The van der Waals surface area contributed by atoms with Crippen LogP contribution in [0.2, 0.25) is 0 Å². The Morgan fingerprint density at radius 3 is 2.28 bits per heavy atom. The molecule has 4 N–H and O–H groups in total. The van der Waals surface area contributed by atoms with Gasteiger partial charge in [0.25, 0.3) is 0 Å². The van der Waals surface area contributed by atoms with Crippen LogP contribution in [0.1, 0.15) is 18.1 Å². The molecule has 0 aliphatic heterocycles. The summed E-state index contributed by atoms with van der Waals surface area (Å²) in [6.45, 7) is 2.76. The van der Waals surface area contributed by atoms with Crippen LogP contribution in [-0.4, -0.2) is 39.2 Å². The molecule has 0 unspecified atom stereocenters. The second-order valence-corrected chi connectivity index (χ2v) is 6.26. The van der Waals surface area contributed by atoms with Gasteiger partial charge in [0.1, 0.15) is 0 Å². The van der Waals surface area contributed by atoms with Crippen LogP contribution in [0.4, 0.5) is 5.69 Å². The van der Waals surface area contributed by atoms with Crippen molar-refractivity contribution >= 4 is 41.5 Å². The summed E-state index contributed by atoms with van der Waals surface area (Å²) >= 11 is 0. The number of halogens is 1. The van der Waals surface area contributed by atoms with E-state index in [-0.39, 0.29) is 29.9 Å². The number of guanidine groups is 1. The SMILES string of the molecule is COc1ccc(CCNC(N)=NCCc2ccc(NC(C)=O)cc2)cc1OC.I. The van der Waals surface area contributed by atoms with Crippen LogP contribution >= 0.6 is 24.0 Å². The molecule has 0 aromatic heterocycles. The van der Waals surface area contributed by atoms with Crippen molar-refractivity contribution in [2.75, 3.05) is 32.6 Å². The first kappa shape index (κ1) is 24.5. The van der Waals surface area contributed by atoms with E-state index in [4.69, 9.17) is 15.2 Å². The Bertz CT molecular complexity index is 810. The second-order valence-electron chi connectivity index (χ2n) is 6.26. The Morgan fingerprint density at radius 1 is 1.00 bits per heavy atom. The summed E-state index contributed by atoms with van der Waals surface area (Å²) in [5, 5.41) is 5.87. The first-order valence-corrected chi connectivity index (χ1v) is 9.13. The molecule has 2 aromatic rings. The van der Waals surface area contributed by atoms with Crippen LogP contribution in [0, 0.1) is 0 Å². The lowest BCUT2D eigenvalue weighted by Crippen LogP contribution is -2.33. The summed E-state index contributed by atoms with van der Waals surface area (Å²) in [6.07, 6.45) is 1.57. The Hall–Kier alpha value is -2.49. The van der Waals surface area contributed by atoms with Gasteiger partial charge >= 0.3 is 0 Å². The predicted octanol–water partition coefficient (Wildman–Crippen LogP) is 2.97. The normalized spacial score (nSPS) is 10.7. The molecule has 1 amide bonds. The van der Waals surface area contributed by atoms with Gasteiger partial charge in [-0.3, -0.25) is 9.79 Å². The molecule has 8 heteroatoms. The van der Waals surface area contributed by atoms with E-state index in [1.807, 2.05) is 42.5 Å². The lowest BCUT2D eigenvalue weighted by molar-refractivity contribution is -0.114. The van der Waals surface area contributed by atoms with Crippen molar-refractivity contribution in [3.05, 3.63) is 53.6 Å². The largest absolute Gasteiger partial charge is 0.493 e. The van der Waals surface area contributed by atoms with Gasteiger partial charge in [0.2, 0.25) is 5.91 Å². The molecule has 2 aromatic carbocycles. The average Bonchev–Trinajstić information content (AvgIpc) is 2.68. The molecule has 0 atom stereocenters. The first-order chi connectivity index (χ1) is 13.5. The number of carbonyl (C=O) groups excluding carboxylic acids is 1. The van der Waals surface area contributed by atoms with Crippen molar-refractivity contribution in [2.24, 2.45) is 10.7 Å². The molecule has 0 aliphatic carbocycles.